The Morgan fingerprint density at radius 1 is 1.58 bits per heavy atom. The van der Waals surface area contributed by atoms with Crippen molar-refractivity contribution in [3.05, 3.63) is 35.1 Å². The zero-order valence-electron chi connectivity index (χ0n) is 6.89. The Morgan fingerprint density at radius 2 is 2.25 bits per heavy atom. The second-order valence-electron chi connectivity index (χ2n) is 2.79. The van der Waals surface area contributed by atoms with Gasteiger partial charge in [0.1, 0.15) is 5.82 Å². The minimum atomic E-state index is -0.220. The number of aryl methyl sites for hydroxylation is 1. The summed E-state index contributed by atoms with van der Waals surface area (Å²) in [6.45, 7) is 1.69. The van der Waals surface area contributed by atoms with Crippen molar-refractivity contribution in [2.45, 2.75) is 13.3 Å². The number of hydrogen-bond acceptors (Lipinski definition) is 1. The number of halogens is 1. The lowest BCUT2D eigenvalue weighted by Crippen LogP contribution is -2.12. The molecule has 0 unspecified atom stereocenters. The Bertz CT molecular complexity index is 307. The number of hydrogen-bond donors (Lipinski definition) is 2. The first-order valence-electron chi connectivity index (χ1n) is 3.67. The first kappa shape index (κ1) is 8.71. The highest BCUT2D eigenvalue weighted by molar-refractivity contribution is 5.79. The molecule has 0 saturated carbocycles. The lowest BCUT2D eigenvalue weighted by atomic mass is 10.1. The lowest BCUT2D eigenvalue weighted by Gasteiger charge is -2.01. The van der Waals surface area contributed by atoms with Gasteiger partial charge in [-0.3, -0.25) is 5.41 Å². The van der Waals surface area contributed by atoms with Crippen LogP contribution in [0.25, 0.3) is 0 Å². The predicted molar refractivity (Wildman–Crippen MR) is 46.8 cm³/mol. The van der Waals surface area contributed by atoms with E-state index in [4.69, 9.17) is 11.1 Å². The summed E-state index contributed by atoms with van der Waals surface area (Å²) in [6.07, 6.45) is 0.390. The Morgan fingerprint density at radius 3 is 2.75 bits per heavy atom. The van der Waals surface area contributed by atoms with E-state index in [1.165, 1.54) is 6.07 Å². The molecule has 3 heteroatoms. The standard InChI is InChI=1S/C9H11FN2/c1-6-4-7(5-9(11)12)2-3-8(6)10/h2-4H,5H2,1H3,(H3,11,12). The monoisotopic (exact) mass is 166 g/mol. The van der Waals surface area contributed by atoms with E-state index < -0.39 is 0 Å². The molecule has 12 heavy (non-hydrogen) atoms. The Labute approximate surface area is 70.7 Å². The topological polar surface area (TPSA) is 49.9 Å². The van der Waals surface area contributed by atoms with Gasteiger partial charge in [0.2, 0.25) is 0 Å². The number of amidine groups is 1. The molecule has 3 N–H and O–H groups in total. The lowest BCUT2D eigenvalue weighted by molar-refractivity contribution is 0.618. The third-order valence-electron chi connectivity index (χ3n) is 1.62. The van der Waals surface area contributed by atoms with E-state index in [0.717, 1.165) is 5.56 Å². The Balaban J connectivity index is 2.89. The summed E-state index contributed by atoms with van der Waals surface area (Å²) in [7, 11) is 0. The van der Waals surface area contributed by atoms with Crippen LogP contribution in [0.1, 0.15) is 11.1 Å². The summed E-state index contributed by atoms with van der Waals surface area (Å²) in [6, 6.07) is 4.74. The molecule has 0 aliphatic rings. The molecule has 0 atom stereocenters. The van der Waals surface area contributed by atoms with Crippen molar-refractivity contribution >= 4 is 5.84 Å². The van der Waals surface area contributed by atoms with Crippen molar-refractivity contribution in [1.29, 1.82) is 5.41 Å². The maximum atomic E-state index is 12.8. The van der Waals surface area contributed by atoms with Crippen molar-refractivity contribution < 1.29 is 4.39 Å². The molecule has 1 aromatic rings. The van der Waals surface area contributed by atoms with Crippen LogP contribution in [0.4, 0.5) is 4.39 Å². The first-order chi connectivity index (χ1) is 5.59. The van der Waals surface area contributed by atoms with Crippen molar-refractivity contribution in [1.82, 2.24) is 0 Å². The van der Waals surface area contributed by atoms with E-state index in [2.05, 4.69) is 0 Å². The summed E-state index contributed by atoms with van der Waals surface area (Å²) in [5.74, 6) is -0.122. The summed E-state index contributed by atoms with van der Waals surface area (Å²) in [5.41, 5.74) is 6.67. The highest BCUT2D eigenvalue weighted by Crippen LogP contribution is 2.09. The largest absolute Gasteiger partial charge is 0.387 e. The molecule has 0 fully saturated rings. The fourth-order valence-electron chi connectivity index (χ4n) is 1.04. The minimum Gasteiger partial charge on any atom is -0.387 e. The van der Waals surface area contributed by atoms with Gasteiger partial charge in [0.05, 0.1) is 5.84 Å². The van der Waals surface area contributed by atoms with Crippen molar-refractivity contribution in [2.75, 3.05) is 0 Å². The zero-order chi connectivity index (χ0) is 9.14. The normalized spacial score (nSPS) is 9.83. The molecule has 0 aliphatic heterocycles. The van der Waals surface area contributed by atoms with Gasteiger partial charge in [0.25, 0.3) is 0 Å². The van der Waals surface area contributed by atoms with E-state index in [0.29, 0.717) is 12.0 Å². The van der Waals surface area contributed by atoms with Gasteiger partial charge in [0, 0.05) is 6.42 Å². The van der Waals surface area contributed by atoms with Crippen LogP contribution >= 0.6 is 0 Å². The summed E-state index contributed by atoms with van der Waals surface area (Å²) in [5, 5.41) is 7.04. The molecular formula is C9H11FN2. The Hall–Kier alpha value is -1.38. The van der Waals surface area contributed by atoms with Gasteiger partial charge in [-0.05, 0) is 24.1 Å². The van der Waals surface area contributed by atoms with Crippen molar-refractivity contribution in [3.8, 4) is 0 Å². The summed E-state index contributed by atoms with van der Waals surface area (Å²) < 4.78 is 12.8. The quantitative estimate of drug-likeness (QED) is 0.509. The van der Waals surface area contributed by atoms with E-state index in [1.54, 1.807) is 19.1 Å². The van der Waals surface area contributed by atoms with Crippen LogP contribution < -0.4 is 5.73 Å². The van der Waals surface area contributed by atoms with Crippen LogP contribution in [-0.2, 0) is 6.42 Å². The number of nitrogens with two attached hydrogens (primary N) is 1. The van der Waals surface area contributed by atoms with Crippen molar-refractivity contribution in [2.24, 2.45) is 5.73 Å². The minimum absolute atomic E-state index is 0.0982. The van der Waals surface area contributed by atoms with E-state index in [1.807, 2.05) is 0 Å². The van der Waals surface area contributed by atoms with Gasteiger partial charge < -0.3 is 5.73 Å². The molecule has 64 valence electrons. The smallest absolute Gasteiger partial charge is 0.126 e. The van der Waals surface area contributed by atoms with Crippen LogP contribution in [0.2, 0.25) is 0 Å². The molecule has 1 aromatic carbocycles. The van der Waals surface area contributed by atoms with Crippen LogP contribution in [0.3, 0.4) is 0 Å². The maximum Gasteiger partial charge on any atom is 0.126 e. The fourth-order valence-corrected chi connectivity index (χ4v) is 1.04. The maximum absolute atomic E-state index is 12.8. The molecule has 0 saturated heterocycles. The summed E-state index contributed by atoms with van der Waals surface area (Å²) in [4.78, 5) is 0. The van der Waals surface area contributed by atoms with Gasteiger partial charge in [-0.25, -0.2) is 4.39 Å². The number of benzene rings is 1. The third kappa shape index (κ3) is 2.05. The van der Waals surface area contributed by atoms with Crippen molar-refractivity contribution in [3.63, 3.8) is 0 Å². The number of rotatable bonds is 2. The molecule has 0 aliphatic carbocycles. The second-order valence-corrected chi connectivity index (χ2v) is 2.79. The Kier molecular flexibility index (Phi) is 2.43. The molecule has 0 amide bonds. The predicted octanol–water partition coefficient (Wildman–Crippen LogP) is 1.61. The number of nitrogens with one attached hydrogen (secondary N) is 1. The summed E-state index contributed by atoms with van der Waals surface area (Å²) >= 11 is 0. The van der Waals surface area contributed by atoms with Crippen LogP contribution in [0, 0.1) is 18.2 Å². The fraction of sp³-hybridized carbons (Fsp3) is 0.222. The molecule has 0 bridgehead atoms. The SMILES string of the molecule is Cc1cc(CC(=N)N)ccc1F. The third-order valence-corrected chi connectivity index (χ3v) is 1.62. The van der Waals surface area contributed by atoms with Gasteiger partial charge in [-0.15, -0.1) is 0 Å². The molecule has 0 heterocycles. The average molecular weight is 166 g/mol. The molecule has 0 aromatic heterocycles. The molecular weight excluding hydrogens is 155 g/mol. The zero-order valence-corrected chi connectivity index (χ0v) is 6.89. The highest BCUT2D eigenvalue weighted by Gasteiger charge is 1.99. The first-order valence-corrected chi connectivity index (χ1v) is 3.67. The van der Waals surface area contributed by atoms with Gasteiger partial charge in [0.15, 0.2) is 0 Å². The van der Waals surface area contributed by atoms with Gasteiger partial charge in [-0.2, -0.15) is 0 Å². The van der Waals surface area contributed by atoms with Crippen LogP contribution in [0.15, 0.2) is 18.2 Å². The van der Waals surface area contributed by atoms with Crippen LogP contribution in [-0.4, -0.2) is 5.84 Å². The van der Waals surface area contributed by atoms with Crippen LogP contribution in [0.5, 0.6) is 0 Å². The van der Waals surface area contributed by atoms with E-state index in [9.17, 15) is 4.39 Å². The van der Waals surface area contributed by atoms with Gasteiger partial charge >= 0.3 is 0 Å². The molecule has 0 spiro atoms. The molecule has 2 nitrogen and oxygen atoms in total. The molecule has 0 radical (unpaired) electrons. The average Bonchev–Trinajstić information content (AvgIpc) is 1.96. The van der Waals surface area contributed by atoms with E-state index in [-0.39, 0.29) is 11.7 Å². The molecule has 1 rings (SSSR count). The second kappa shape index (κ2) is 3.34. The van der Waals surface area contributed by atoms with Gasteiger partial charge in [-0.1, -0.05) is 12.1 Å². The van der Waals surface area contributed by atoms with E-state index >= 15 is 0 Å². The highest BCUT2D eigenvalue weighted by atomic mass is 19.1.